The largest absolute Gasteiger partial charge is 0.481 e. The summed E-state index contributed by atoms with van der Waals surface area (Å²) in [6, 6.07) is 3.50. The zero-order valence-corrected chi connectivity index (χ0v) is 66.2. The minimum absolute atomic E-state index is 0.0136. The predicted octanol–water partition coefficient (Wildman–Crippen LogP) is -2.27. The molecule has 0 aromatic heterocycles. The summed E-state index contributed by atoms with van der Waals surface area (Å²) in [7, 11) is 0. The SMILES string of the molecule is CCCC[C@H](NC(=O)CCC(=O)NCCCOCCOCCOCCCNC(=O)CC[C@H](NC(=O)C(CNCCN)CNCCN)C(=O)O)C(=O)N[C@H]1CSCc2cccc(c2)CSC[C@@H](C(=O)O)NC(=O)[C@H](Cc2ccccc2)NC(=O)[C@H](CCC(=O)O)NC(=O)[C@H]([C@@H](C)O)NC(=O)[C@@H]2CCCN2C(=O)[C@@H]2CCCN2C1=O. The van der Waals surface area contributed by atoms with Gasteiger partial charge in [-0.15, -0.1) is 0 Å². The van der Waals surface area contributed by atoms with Gasteiger partial charge in [-0.1, -0.05) is 74.4 Å². The van der Waals surface area contributed by atoms with Crippen molar-refractivity contribution in [2.24, 2.45) is 17.4 Å². The molecular weight excluding hydrogens is 1510 g/mol. The van der Waals surface area contributed by atoms with E-state index in [2.05, 4.69) is 58.5 Å². The number of aliphatic carboxylic acids is 3. The van der Waals surface area contributed by atoms with Crippen LogP contribution in [0.25, 0.3) is 0 Å². The van der Waals surface area contributed by atoms with Crippen LogP contribution in [0.2, 0.25) is 0 Å². The Morgan fingerprint density at radius 1 is 0.584 bits per heavy atom. The molecule has 19 N–H and O–H groups in total. The minimum Gasteiger partial charge on any atom is -0.481 e. The summed E-state index contributed by atoms with van der Waals surface area (Å²) in [5, 5.41) is 70.6. The molecule has 113 heavy (non-hydrogen) atoms. The summed E-state index contributed by atoms with van der Waals surface area (Å²) in [6.07, 6.45) is -0.374. The molecule has 11 amide bonds. The van der Waals surface area contributed by atoms with Crippen LogP contribution in [0.3, 0.4) is 0 Å². The molecule has 630 valence electrons. The summed E-state index contributed by atoms with van der Waals surface area (Å²) in [4.78, 5) is 192. The average Bonchev–Trinajstić information content (AvgIpc) is 1.66. The van der Waals surface area contributed by atoms with Gasteiger partial charge in [0.25, 0.3) is 0 Å². The van der Waals surface area contributed by atoms with E-state index >= 15 is 4.79 Å². The van der Waals surface area contributed by atoms with Crippen LogP contribution in [-0.4, -0.2) is 290 Å². The Labute approximate surface area is 667 Å². The van der Waals surface area contributed by atoms with E-state index in [9.17, 15) is 82.8 Å². The monoisotopic (exact) mass is 1630 g/mol. The fraction of sp³-hybridized carbons (Fsp3) is 0.653. The maximum atomic E-state index is 15.1. The number of ether oxygens (including phenoxy) is 3. The highest BCUT2D eigenvalue weighted by molar-refractivity contribution is 7.98. The molecule has 2 saturated heterocycles. The molecule has 0 radical (unpaired) electrons. The third-order valence-electron chi connectivity index (χ3n) is 18.7. The zero-order chi connectivity index (χ0) is 82.5. The number of carboxylic acids is 3. The van der Waals surface area contributed by atoms with Crippen LogP contribution < -0.4 is 70.0 Å². The number of fused-ring (bicyclic) bond motifs is 4. The lowest BCUT2D eigenvalue weighted by Crippen LogP contribution is -2.61. The van der Waals surface area contributed by atoms with E-state index in [1.807, 2.05) is 25.1 Å². The van der Waals surface area contributed by atoms with Crippen LogP contribution in [0.5, 0.6) is 0 Å². The summed E-state index contributed by atoms with van der Waals surface area (Å²) in [6.45, 7) is 7.81. The number of amides is 11. The molecule has 3 aliphatic rings. The molecule has 3 heterocycles. The lowest BCUT2D eigenvalue weighted by Gasteiger charge is -2.34. The van der Waals surface area contributed by atoms with Crippen molar-refractivity contribution in [1.82, 2.24) is 68.3 Å². The Morgan fingerprint density at radius 2 is 1.15 bits per heavy atom. The lowest BCUT2D eigenvalue weighted by atomic mass is 10.0. The first-order valence-electron chi connectivity index (χ1n) is 38.8. The number of hydrogen-bond acceptors (Lipinski definition) is 24. The number of carboxylic acid groups (broad SMARTS) is 3. The van der Waals surface area contributed by atoms with Gasteiger partial charge in [0.1, 0.15) is 54.4 Å². The number of benzene rings is 2. The quantitative estimate of drug-likeness (QED) is 0.0311. The van der Waals surface area contributed by atoms with Crippen molar-refractivity contribution in [3.63, 3.8) is 0 Å². The van der Waals surface area contributed by atoms with E-state index in [1.165, 1.54) is 40.2 Å². The number of hydrogen-bond donors (Lipinski definition) is 17. The molecule has 3 aliphatic heterocycles. The maximum absolute atomic E-state index is 15.1. The standard InChI is InChI=1S/C75H117N15O21S2/c1-3-4-17-53(82-63(94)24-23-62(93)81-29-12-35-110-37-39-111-38-36-109-34-11-28-80-61(92)22-20-55(74(105)106)84-66(97)52(42-78-30-26-76)43-79-31-27-77)67(98)86-57-46-112-44-50-15-8-16-51(40-50)45-113-47-58(75(107)108)87-69(100)56(41-49-13-6-5-7-14-49)85-68(99)54(21-25-64(95)96)83-71(102)65(48(2)91)88-70(101)59-18-9-32-89(59)73(104)60-19-10-33-90(60)72(57)103/h5-8,13-16,40,48,52-60,65,78-79,91H,3-4,9-12,17-39,41-47,76-77H2,1-2H3,(H,80,92)(H,81,93)(H,82,94)(H,83,102)(H,84,97)(H,85,99)(H,86,98)(H,87,100)(H,88,101)(H,95,96)(H,105,106)(H,107,108)/t48-,53+,54+,55+,56+,57+,58+,59+,60+,65+/m1/s1. The van der Waals surface area contributed by atoms with Crippen LogP contribution in [0.15, 0.2) is 54.6 Å². The van der Waals surface area contributed by atoms with Crippen molar-refractivity contribution in [3.05, 3.63) is 71.3 Å². The maximum Gasteiger partial charge on any atom is 0.327 e. The summed E-state index contributed by atoms with van der Waals surface area (Å²) in [5.41, 5.74) is 13.2. The van der Waals surface area contributed by atoms with Crippen LogP contribution in [-0.2, 0) is 99.3 Å². The molecular formula is C75H117N15O21S2. The molecule has 0 unspecified atom stereocenters. The van der Waals surface area contributed by atoms with E-state index in [-0.39, 0.29) is 134 Å². The number of aliphatic hydroxyl groups is 1. The molecule has 0 saturated carbocycles. The smallest absolute Gasteiger partial charge is 0.327 e. The van der Waals surface area contributed by atoms with E-state index in [1.54, 1.807) is 36.4 Å². The molecule has 2 fully saturated rings. The Hall–Kier alpha value is -8.60. The van der Waals surface area contributed by atoms with Crippen molar-refractivity contribution in [2.75, 3.05) is 117 Å². The summed E-state index contributed by atoms with van der Waals surface area (Å²) < 4.78 is 16.8. The van der Waals surface area contributed by atoms with Gasteiger partial charge in [0.05, 0.1) is 38.4 Å². The van der Waals surface area contributed by atoms with E-state index in [0.717, 1.165) is 11.1 Å². The van der Waals surface area contributed by atoms with Gasteiger partial charge < -0.3 is 114 Å². The highest BCUT2D eigenvalue weighted by atomic mass is 32.2. The molecule has 2 aromatic rings. The molecule has 5 rings (SSSR count). The number of nitrogens with two attached hydrogens (primary N) is 2. The van der Waals surface area contributed by atoms with Gasteiger partial charge in [-0.2, -0.15) is 23.5 Å². The van der Waals surface area contributed by atoms with Crippen LogP contribution in [0.4, 0.5) is 0 Å². The molecule has 36 nitrogen and oxygen atoms in total. The second kappa shape index (κ2) is 53.5. The number of thioether (sulfide) groups is 2. The molecule has 10 atom stereocenters. The molecule has 0 aliphatic carbocycles. The molecule has 38 heteroatoms. The number of nitrogens with zero attached hydrogens (tertiary/aromatic N) is 2. The van der Waals surface area contributed by atoms with Crippen LogP contribution >= 0.6 is 23.5 Å². The van der Waals surface area contributed by atoms with Crippen molar-refractivity contribution >= 4 is 106 Å². The van der Waals surface area contributed by atoms with Crippen LogP contribution in [0.1, 0.15) is 127 Å². The number of carbonyl (C=O) groups excluding carboxylic acids is 11. The fourth-order valence-corrected chi connectivity index (χ4v) is 14.6. The van der Waals surface area contributed by atoms with Crippen molar-refractivity contribution < 1.29 is 102 Å². The first-order valence-corrected chi connectivity index (χ1v) is 41.1. The number of nitrogens with one attached hydrogen (secondary N) is 11. The Bertz CT molecular complexity index is 3380. The number of rotatable bonds is 44. The second-order valence-electron chi connectivity index (χ2n) is 27.8. The Morgan fingerprint density at radius 3 is 1.73 bits per heavy atom. The normalized spacial score (nSPS) is 20.5. The summed E-state index contributed by atoms with van der Waals surface area (Å²) in [5.74, 6) is -11.7. The number of carbonyl (C=O) groups is 14. The predicted molar refractivity (Wildman–Crippen MR) is 419 cm³/mol. The van der Waals surface area contributed by atoms with Crippen molar-refractivity contribution in [2.45, 2.75) is 189 Å². The first kappa shape index (κ1) is 95.0. The number of aliphatic hydroxyl groups excluding tert-OH is 1. The minimum atomic E-state index is -1.77. The second-order valence-corrected chi connectivity index (χ2v) is 29.8. The van der Waals surface area contributed by atoms with Gasteiger partial charge in [-0.25, -0.2) is 9.59 Å². The number of unbranched alkanes of at least 4 members (excludes halogenated alkanes) is 1. The third kappa shape index (κ3) is 35.8. The van der Waals surface area contributed by atoms with E-state index in [0.29, 0.717) is 95.8 Å². The van der Waals surface area contributed by atoms with E-state index in [4.69, 9.17) is 25.7 Å². The molecule has 2 bridgehead atoms. The molecule has 2 aromatic carbocycles. The van der Waals surface area contributed by atoms with Gasteiger partial charge >= 0.3 is 17.9 Å². The fourth-order valence-electron chi connectivity index (χ4n) is 12.6. The zero-order valence-electron chi connectivity index (χ0n) is 64.6. The van der Waals surface area contributed by atoms with Gasteiger partial charge in [0, 0.05) is 134 Å². The topological polar surface area (TPSA) is 538 Å². The highest BCUT2D eigenvalue weighted by Gasteiger charge is 2.45. The molecule has 0 spiro atoms. The third-order valence-corrected chi connectivity index (χ3v) is 20.9. The van der Waals surface area contributed by atoms with E-state index < -0.39 is 156 Å². The Balaban J connectivity index is 1.14. The summed E-state index contributed by atoms with van der Waals surface area (Å²) >= 11 is 2.50. The lowest BCUT2D eigenvalue weighted by molar-refractivity contribution is -0.148. The van der Waals surface area contributed by atoms with Gasteiger partial charge in [0.2, 0.25) is 65.0 Å². The van der Waals surface area contributed by atoms with Crippen LogP contribution in [0, 0.1) is 5.92 Å². The van der Waals surface area contributed by atoms with Gasteiger partial charge in [-0.05, 0) is 81.4 Å². The van der Waals surface area contributed by atoms with Gasteiger partial charge in [0.15, 0.2) is 0 Å². The highest BCUT2D eigenvalue weighted by Crippen LogP contribution is 2.28. The van der Waals surface area contributed by atoms with Crippen molar-refractivity contribution in [1.29, 1.82) is 0 Å². The Kier molecular flexibility index (Phi) is 44.9. The van der Waals surface area contributed by atoms with Crippen molar-refractivity contribution in [3.8, 4) is 0 Å². The first-order chi connectivity index (χ1) is 54.3. The average molecular weight is 1630 g/mol. The van der Waals surface area contributed by atoms with Gasteiger partial charge in [-0.3, -0.25) is 57.5 Å².